The number of amides is 1. The zero-order valence-corrected chi connectivity index (χ0v) is 18.0. The zero-order valence-electron chi connectivity index (χ0n) is 17.2. The van der Waals surface area contributed by atoms with Gasteiger partial charge >= 0.3 is 0 Å². The molecule has 0 fully saturated rings. The third-order valence-electron chi connectivity index (χ3n) is 4.75. The fraction of sp³-hybridized carbons (Fsp3) is 0.0417. The number of nitrogen functional groups attached to an aromatic ring is 1. The zero-order chi connectivity index (χ0) is 22.5. The number of hydrogen-bond donors (Lipinski definition) is 2. The minimum atomic E-state index is -0.281. The molecule has 4 aromatic rings. The monoisotopic (exact) mass is 445 g/mol. The average Bonchev–Trinajstić information content (AvgIpc) is 2.83. The van der Waals surface area contributed by atoms with Gasteiger partial charge in [-0.3, -0.25) is 10.2 Å². The molecule has 1 amide bonds. The van der Waals surface area contributed by atoms with Gasteiger partial charge in [-0.05, 0) is 48.5 Å². The van der Waals surface area contributed by atoms with Gasteiger partial charge in [-0.1, -0.05) is 29.8 Å². The van der Waals surface area contributed by atoms with E-state index in [-0.39, 0.29) is 5.91 Å². The summed E-state index contributed by atoms with van der Waals surface area (Å²) < 4.78 is 5.55. The summed E-state index contributed by atoms with van der Waals surface area (Å²) in [5, 5.41) is 1.95. The Balaban J connectivity index is 1.90. The van der Waals surface area contributed by atoms with Crippen LogP contribution in [0, 0.1) is 0 Å². The predicted molar refractivity (Wildman–Crippen MR) is 127 cm³/mol. The van der Waals surface area contributed by atoms with Gasteiger partial charge in [-0.25, -0.2) is 15.0 Å². The first kappa shape index (κ1) is 21.1. The van der Waals surface area contributed by atoms with Crippen molar-refractivity contribution in [3.05, 3.63) is 95.9 Å². The molecule has 8 heteroatoms. The Kier molecular flexibility index (Phi) is 6.19. The normalized spacial score (nSPS) is 10.4. The van der Waals surface area contributed by atoms with E-state index in [1.54, 1.807) is 80.0 Å². The summed E-state index contributed by atoms with van der Waals surface area (Å²) in [6.45, 7) is 0. The first-order valence-electron chi connectivity index (χ1n) is 9.72. The lowest BCUT2D eigenvalue weighted by molar-refractivity contribution is 0.0992. The molecule has 1 aromatic heterocycles. The van der Waals surface area contributed by atoms with Gasteiger partial charge in [-0.15, -0.1) is 0 Å². The number of nitrogens with zero attached hydrogens (tertiary/aromatic N) is 3. The number of methoxy groups -OCH3 is 1. The van der Waals surface area contributed by atoms with Crippen LogP contribution in [0.3, 0.4) is 0 Å². The van der Waals surface area contributed by atoms with Crippen molar-refractivity contribution in [3.63, 3.8) is 0 Å². The highest BCUT2D eigenvalue weighted by atomic mass is 35.5. The van der Waals surface area contributed by atoms with E-state index in [0.29, 0.717) is 44.7 Å². The van der Waals surface area contributed by atoms with Crippen LogP contribution in [0.1, 0.15) is 10.4 Å². The highest BCUT2D eigenvalue weighted by Crippen LogP contribution is 2.40. The van der Waals surface area contributed by atoms with Crippen molar-refractivity contribution in [1.82, 2.24) is 9.97 Å². The maximum absolute atomic E-state index is 13.6. The van der Waals surface area contributed by atoms with Gasteiger partial charge in [0, 0.05) is 39.7 Å². The average molecular weight is 446 g/mol. The van der Waals surface area contributed by atoms with E-state index in [1.807, 2.05) is 6.07 Å². The van der Waals surface area contributed by atoms with Crippen LogP contribution in [0.15, 0.2) is 85.3 Å². The van der Waals surface area contributed by atoms with Gasteiger partial charge in [0.15, 0.2) is 0 Å². The summed E-state index contributed by atoms with van der Waals surface area (Å²) in [6.07, 6.45) is 2.99. The molecule has 32 heavy (non-hydrogen) atoms. The number of nitrogens with two attached hydrogens (primary N) is 1. The largest absolute Gasteiger partial charge is 0.496 e. The molecule has 3 aromatic carbocycles. The number of anilines is 3. The van der Waals surface area contributed by atoms with E-state index in [9.17, 15) is 4.79 Å². The fourth-order valence-corrected chi connectivity index (χ4v) is 3.43. The second-order valence-corrected chi connectivity index (χ2v) is 7.27. The highest BCUT2D eigenvalue weighted by molar-refractivity contribution is 6.31. The van der Waals surface area contributed by atoms with E-state index in [0.717, 1.165) is 0 Å². The molecule has 0 bridgehead atoms. The lowest BCUT2D eigenvalue weighted by atomic mass is 10.0. The molecular formula is C24H20ClN5O2. The number of aromatic nitrogens is 2. The van der Waals surface area contributed by atoms with Gasteiger partial charge in [0.05, 0.1) is 12.8 Å². The van der Waals surface area contributed by atoms with Crippen LogP contribution in [0.5, 0.6) is 5.75 Å². The van der Waals surface area contributed by atoms with Gasteiger partial charge in [-0.2, -0.15) is 0 Å². The van der Waals surface area contributed by atoms with Crippen molar-refractivity contribution in [3.8, 4) is 16.9 Å². The molecule has 7 nitrogen and oxygen atoms in total. The minimum Gasteiger partial charge on any atom is -0.496 e. The quantitative estimate of drug-likeness (QED) is 0.318. The smallest absolute Gasteiger partial charge is 0.276 e. The topological polar surface area (TPSA) is 93.4 Å². The highest BCUT2D eigenvalue weighted by Gasteiger charge is 2.23. The maximum Gasteiger partial charge on any atom is 0.276 e. The maximum atomic E-state index is 13.6. The van der Waals surface area contributed by atoms with Gasteiger partial charge in [0.25, 0.3) is 5.91 Å². The van der Waals surface area contributed by atoms with E-state index in [1.165, 1.54) is 11.3 Å². The van der Waals surface area contributed by atoms with E-state index >= 15 is 0 Å². The number of rotatable bonds is 6. The van der Waals surface area contributed by atoms with Crippen molar-refractivity contribution in [2.75, 3.05) is 23.3 Å². The SMILES string of the molecule is COc1ccc(Cl)cc1-c1cc(N)ccc1N(Nc1ccncn1)C(=O)c1ccccc1. The third-order valence-corrected chi connectivity index (χ3v) is 4.98. The van der Waals surface area contributed by atoms with Gasteiger partial charge in [0.1, 0.15) is 17.9 Å². The molecule has 0 unspecified atom stereocenters. The number of hydrazine groups is 1. The first-order chi connectivity index (χ1) is 15.6. The molecule has 0 radical (unpaired) electrons. The van der Waals surface area contributed by atoms with E-state index < -0.39 is 0 Å². The first-order valence-corrected chi connectivity index (χ1v) is 10.1. The van der Waals surface area contributed by atoms with Crippen LogP contribution in [0.2, 0.25) is 5.02 Å². The molecule has 0 aliphatic rings. The summed E-state index contributed by atoms with van der Waals surface area (Å²) >= 11 is 6.28. The Bertz CT molecular complexity index is 1240. The molecule has 1 heterocycles. The van der Waals surface area contributed by atoms with Crippen molar-refractivity contribution in [2.45, 2.75) is 0 Å². The Labute approximate surface area is 190 Å². The van der Waals surface area contributed by atoms with Crippen molar-refractivity contribution in [2.24, 2.45) is 0 Å². The summed E-state index contributed by atoms with van der Waals surface area (Å²) in [4.78, 5) is 21.7. The number of benzene rings is 3. The Morgan fingerprint density at radius 3 is 2.56 bits per heavy atom. The summed E-state index contributed by atoms with van der Waals surface area (Å²) in [5.74, 6) is 0.761. The van der Waals surface area contributed by atoms with Crippen LogP contribution in [0.25, 0.3) is 11.1 Å². The standard InChI is InChI=1S/C24H20ClN5O2/c1-32-22-10-7-17(25)13-20(22)19-14-18(26)8-9-21(19)30(29-23-11-12-27-15-28-23)24(31)16-5-3-2-4-6-16/h2-15H,26H2,1H3,(H,27,28,29). The Hall–Kier alpha value is -4.10. The third kappa shape index (κ3) is 4.48. The number of carbonyl (C=O) groups excluding carboxylic acids is 1. The lowest BCUT2D eigenvalue weighted by Crippen LogP contribution is -2.37. The van der Waals surface area contributed by atoms with Gasteiger partial charge < -0.3 is 10.5 Å². The molecule has 0 aliphatic heterocycles. The summed E-state index contributed by atoms with van der Waals surface area (Å²) in [7, 11) is 1.57. The number of hydrogen-bond acceptors (Lipinski definition) is 6. The second kappa shape index (κ2) is 9.36. The number of nitrogens with one attached hydrogen (secondary N) is 1. The molecule has 160 valence electrons. The van der Waals surface area contributed by atoms with Crippen LogP contribution in [-0.4, -0.2) is 23.0 Å². The summed E-state index contributed by atoms with van der Waals surface area (Å²) in [5.41, 5.74) is 12.1. The van der Waals surface area contributed by atoms with Crippen LogP contribution in [0.4, 0.5) is 17.2 Å². The van der Waals surface area contributed by atoms with Crippen molar-refractivity contribution < 1.29 is 9.53 Å². The van der Waals surface area contributed by atoms with E-state index in [2.05, 4.69) is 15.4 Å². The fourth-order valence-electron chi connectivity index (χ4n) is 3.26. The molecular weight excluding hydrogens is 426 g/mol. The molecule has 0 saturated heterocycles. The summed E-state index contributed by atoms with van der Waals surface area (Å²) in [6, 6.07) is 21.2. The number of ether oxygens (including phenoxy) is 1. The van der Waals surface area contributed by atoms with Crippen LogP contribution in [-0.2, 0) is 0 Å². The van der Waals surface area contributed by atoms with Crippen molar-refractivity contribution in [1.29, 1.82) is 0 Å². The second-order valence-electron chi connectivity index (χ2n) is 6.83. The van der Waals surface area contributed by atoms with Gasteiger partial charge in [0.2, 0.25) is 0 Å². The molecule has 0 atom stereocenters. The molecule has 0 aliphatic carbocycles. The van der Waals surface area contributed by atoms with Crippen LogP contribution >= 0.6 is 11.6 Å². The number of halogens is 1. The van der Waals surface area contributed by atoms with Crippen molar-refractivity contribution >= 4 is 34.7 Å². The van der Waals surface area contributed by atoms with Crippen LogP contribution < -0.4 is 20.9 Å². The van der Waals surface area contributed by atoms with E-state index in [4.69, 9.17) is 22.1 Å². The lowest BCUT2D eigenvalue weighted by Gasteiger charge is -2.27. The molecule has 3 N–H and O–H groups in total. The molecule has 4 rings (SSSR count). The number of carbonyl (C=O) groups is 1. The minimum absolute atomic E-state index is 0.281. The molecule has 0 spiro atoms. The predicted octanol–water partition coefficient (Wildman–Crippen LogP) is 5.06. The molecule has 0 saturated carbocycles. The Morgan fingerprint density at radius 1 is 1.03 bits per heavy atom. The Morgan fingerprint density at radius 2 is 1.84 bits per heavy atom.